The summed E-state index contributed by atoms with van der Waals surface area (Å²) in [4.78, 5) is 6.70. The number of alkyl halides is 4. The fraction of sp³-hybridized carbons (Fsp3) is 0.529. The van der Waals surface area contributed by atoms with Gasteiger partial charge < -0.3 is 20.2 Å². The number of para-hydroxylation sites is 1. The molecule has 47 heavy (non-hydrogen) atoms. The summed E-state index contributed by atoms with van der Waals surface area (Å²) in [5.74, 6) is 0.475. The highest BCUT2D eigenvalue weighted by molar-refractivity contribution is 7.99. The van der Waals surface area contributed by atoms with E-state index in [0.717, 1.165) is 55.7 Å². The molecule has 1 atom stereocenters. The maximum atomic E-state index is 14.0. The molecule has 0 aliphatic carbocycles. The molecule has 0 radical (unpaired) electrons. The van der Waals surface area contributed by atoms with Crippen molar-refractivity contribution in [3.05, 3.63) is 64.8 Å². The van der Waals surface area contributed by atoms with Crippen molar-refractivity contribution in [1.29, 1.82) is 5.26 Å². The zero-order valence-corrected chi connectivity index (χ0v) is 27.2. The number of nitrogens with zero attached hydrogens (tertiary/aromatic N) is 6. The van der Waals surface area contributed by atoms with Crippen LogP contribution in [0.25, 0.3) is 11.3 Å². The van der Waals surface area contributed by atoms with E-state index >= 15 is 0 Å². The van der Waals surface area contributed by atoms with Crippen LogP contribution in [0.3, 0.4) is 0 Å². The second-order valence-corrected chi connectivity index (χ2v) is 13.7. The molecular formula is C34H41F4N7OS. The average Bonchev–Trinajstić information content (AvgIpc) is 3.43. The molecule has 2 N–H and O–H groups in total. The molecule has 6 rings (SSSR count). The van der Waals surface area contributed by atoms with Gasteiger partial charge in [0.2, 0.25) is 0 Å². The Labute approximate surface area is 277 Å². The van der Waals surface area contributed by atoms with Gasteiger partial charge in [-0.25, -0.2) is 4.39 Å². The zero-order valence-electron chi connectivity index (χ0n) is 26.4. The number of aliphatic hydroxyl groups excluding tert-OH is 1. The molecule has 0 amide bonds. The van der Waals surface area contributed by atoms with Crippen molar-refractivity contribution in [2.45, 2.75) is 55.7 Å². The van der Waals surface area contributed by atoms with Gasteiger partial charge in [-0.1, -0.05) is 18.2 Å². The number of hydrogen-bond donors (Lipinski definition) is 2. The second kappa shape index (κ2) is 15.0. The van der Waals surface area contributed by atoms with Crippen molar-refractivity contribution in [3.63, 3.8) is 0 Å². The van der Waals surface area contributed by atoms with Crippen LogP contribution < -0.4 is 10.2 Å². The Kier molecular flexibility index (Phi) is 10.7. The molecule has 0 spiro atoms. The van der Waals surface area contributed by atoms with Gasteiger partial charge in [-0.2, -0.15) is 23.5 Å². The summed E-state index contributed by atoms with van der Waals surface area (Å²) in [6, 6.07) is 14.1. The normalized spacial score (nSPS) is 19.0. The minimum absolute atomic E-state index is 0.166. The van der Waals surface area contributed by atoms with E-state index in [1.165, 1.54) is 17.8 Å². The van der Waals surface area contributed by atoms with Crippen LogP contribution in [0, 0.1) is 11.3 Å². The highest BCUT2D eigenvalue weighted by atomic mass is 32.2. The molecule has 3 aliphatic heterocycles. The third kappa shape index (κ3) is 8.12. The van der Waals surface area contributed by atoms with Gasteiger partial charge in [0.25, 0.3) is 0 Å². The molecule has 2 saturated heterocycles. The third-order valence-electron chi connectivity index (χ3n) is 9.34. The lowest BCUT2D eigenvalue weighted by atomic mass is 10.0. The number of piperazine rings is 1. The van der Waals surface area contributed by atoms with Gasteiger partial charge in [-0.3, -0.25) is 9.58 Å². The van der Waals surface area contributed by atoms with Crippen LogP contribution in [0.15, 0.2) is 47.4 Å². The Morgan fingerprint density at radius 3 is 2.53 bits per heavy atom. The molecule has 0 bridgehead atoms. The van der Waals surface area contributed by atoms with Crippen LogP contribution in [0.4, 0.5) is 23.2 Å². The molecule has 0 saturated carbocycles. The SMILES string of the molecule is N#Cc1ccccc1N1CCN(CC(O)Cn2nc(-c3ccc(C(F)(F)F)c(SCCN4CCC(F)CC4)c3)c3c2CCNC3)CC1. The first kappa shape index (κ1) is 33.7. The number of piperidine rings is 1. The van der Waals surface area contributed by atoms with Gasteiger partial charge in [0.15, 0.2) is 0 Å². The molecule has 4 heterocycles. The summed E-state index contributed by atoms with van der Waals surface area (Å²) in [7, 11) is 0. The molecule has 252 valence electrons. The number of nitrogens with one attached hydrogen (secondary N) is 1. The lowest BCUT2D eigenvalue weighted by Gasteiger charge is -2.37. The number of benzene rings is 2. The van der Waals surface area contributed by atoms with Gasteiger partial charge in [0, 0.05) is 99.3 Å². The molecule has 3 aliphatic rings. The molecule has 8 nitrogen and oxygen atoms in total. The quantitative estimate of drug-likeness (QED) is 0.235. The number of β-amino-alcohol motifs (C(OH)–C–C–N with tert-alkyl or cyclic N) is 1. The number of fused-ring (bicyclic) bond motifs is 1. The largest absolute Gasteiger partial charge is 0.417 e. The highest BCUT2D eigenvalue weighted by Gasteiger charge is 2.34. The van der Waals surface area contributed by atoms with Gasteiger partial charge in [0.1, 0.15) is 12.2 Å². The van der Waals surface area contributed by atoms with Gasteiger partial charge >= 0.3 is 6.18 Å². The van der Waals surface area contributed by atoms with Gasteiger partial charge in [-0.15, -0.1) is 11.8 Å². The maximum absolute atomic E-state index is 14.0. The third-order valence-corrected chi connectivity index (χ3v) is 10.4. The van der Waals surface area contributed by atoms with E-state index in [1.807, 2.05) is 28.9 Å². The van der Waals surface area contributed by atoms with E-state index in [0.29, 0.717) is 74.6 Å². The number of anilines is 1. The smallest absolute Gasteiger partial charge is 0.390 e. The lowest BCUT2D eigenvalue weighted by molar-refractivity contribution is -0.139. The van der Waals surface area contributed by atoms with E-state index < -0.39 is 24.0 Å². The average molecular weight is 672 g/mol. The number of thioether (sulfide) groups is 1. The Bertz CT molecular complexity index is 1560. The Morgan fingerprint density at radius 1 is 1.02 bits per heavy atom. The first-order valence-corrected chi connectivity index (χ1v) is 17.3. The fourth-order valence-electron chi connectivity index (χ4n) is 6.81. The number of rotatable bonds is 10. The topological polar surface area (TPSA) is 83.6 Å². The van der Waals surface area contributed by atoms with Gasteiger partial charge in [0.05, 0.1) is 35.2 Å². The number of aromatic nitrogens is 2. The van der Waals surface area contributed by atoms with Crippen LogP contribution in [-0.4, -0.2) is 102 Å². The van der Waals surface area contributed by atoms with Crippen molar-refractivity contribution in [2.75, 3.05) is 69.6 Å². The van der Waals surface area contributed by atoms with Crippen LogP contribution in [0.5, 0.6) is 0 Å². The molecule has 1 unspecified atom stereocenters. The van der Waals surface area contributed by atoms with Crippen molar-refractivity contribution < 1.29 is 22.7 Å². The van der Waals surface area contributed by atoms with Crippen LogP contribution in [0.2, 0.25) is 0 Å². The lowest BCUT2D eigenvalue weighted by Crippen LogP contribution is -2.49. The summed E-state index contributed by atoms with van der Waals surface area (Å²) in [5, 5.41) is 28.9. The number of likely N-dealkylation sites (tertiary alicyclic amines) is 1. The summed E-state index contributed by atoms with van der Waals surface area (Å²) in [6.45, 7) is 6.95. The Morgan fingerprint density at radius 2 is 1.79 bits per heavy atom. The molecule has 13 heteroatoms. The van der Waals surface area contributed by atoms with E-state index in [1.54, 1.807) is 6.07 Å². The first-order valence-electron chi connectivity index (χ1n) is 16.3. The van der Waals surface area contributed by atoms with Gasteiger partial charge in [-0.05, 0) is 37.1 Å². The number of aliphatic hydroxyl groups is 1. The zero-order chi connectivity index (χ0) is 33.0. The van der Waals surface area contributed by atoms with Crippen molar-refractivity contribution in [3.8, 4) is 17.3 Å². The summed E-state index contributed by atoms with van der Waals surface area (Å²) in [5.41, 5.74) is 4.15. The predicted molar refractivity (Wildman–Crippen MR) is 175 cm³/mol. The number of hydrogen-bond acceptors (Lipinski definition) is 8. The molecule has 2 aromatic carbocycles. The van der Waals surface area contributed by atoms with E-state index in [9.17, 15) is 27.9 Å². The standard InChI is InChI=1S/C34H41F4N7OS/c35-26-8-11-42(12-9-26)17-18-47-32-19-24(5-6-29(32)34(36,37)38)33-28-21-40-10-7-31(28)45(41-33)23-27(46)22-43-13-15-44(16-14-43)30-4-2-1-3-25(30)20-39/h1-6,19,26-27,40,46H,7-18,21-23H2. The van der Waals surface area contributed by atoms with E-state index in [4.69, 9.17) is 5.10 Å². The maximum Gasteiger partial charge on any atom is 0.417 e. The predicted octanol–water partition coefficient (Wildman–Crippen LogP) is 4.80. The van der Waals surface area contributed by atoms with E-state index in [-0.39, 0.29) is 11.4 Å². The highest BCUT2D eigenvalue weighted by Crippen LogP contribution is 2.40. The first-order chi connectivity index (χ1) is 22.7. The molecular weight excluding hydrogens is 630 g/mol. The van der Waals surface area contributed by atoms with Crippen LogP contribution in [-0.2, 0) is 25.7 Å². The molecule has 2 fully saturated rings. The number of nitriles is 1. The minimum atomic E-state index is -4.48. The van der Waals surface area contributed by atoms with Crippen molar-refractivity contribution in [1.82, 2.24) is 24.9 Å². The Balaban J connectivity index is 1.13. The molecule has 3 aromatic rings. The summed E-state index contributed by atoms with van der Waals surface area (Å²) in [6.07, 6.45) is -4.30. The fourth-order valence-corrected chi connectivity index (χ4v) is 7.93. The van der Waals surface area contributed by atoms with Crippen molar-refractivity contribution >= 4 is 17.4 Å². The van der Waals surface area contributed by atoms with E-state index in [2.05, 4.69) is 26.1 Å². The summed E-state index contributed by atoms with van der Waals surface area (Å²) < 4.78 is 57.4. The molecule has 1 aromatic heterocycles. The van der Waals surface area contributed by atoms with Crippen LogP contribution in [0.1, 0.15) is 35.2 Å². The monoisotopic (exact) mass is 671 g/mol. The second-order valence-electron chi connectivity index (χ2n) is 12.5. The summed E-state index contributed by atoms with van der Waals surface area (Å²) >= 11 is 1.18. The minimum Gasteiger partial charge on any atom is -0.390 e. The van der Waals surface area contributed by atoms with Crippen molar-refractivity contribution in [2.24, 2.45) is 0 Å². The number of halogens is 4. The van der Waals surface area contributed by atoms with Crippen LogP contribution >= 0.6 is 11.8 Å². The Hall–Kier alpha value is -3.15.